The van der Waals surface area contributed by atoms with E-state index in [9.17, 15) is 0 Å². The Balaban J connectivity index is 1.34. The molecule has 4 aliphatic rings. The fraction of sp³-hybridized carbons (Fsp3) is 0.538. The van der Waals surface area contributed by atoms with Gasteiger partial charge in [-0.3, -0.25) is 0 Å². The summed E-state index contributed by atoms with van der Waals surface area (Å²) in [5.41, 5.74) is 3.09. The SMILES string of the molecule is CC12CC3CC(C)(C1)CC(NCc1cc(Cl)ccc1OCc1c(Cl)cccc1Cl)(C3)C2. The van der Waals surface area contributed by atoms with Gasteiger partial charge in [-0.1, -0.05) is 54.7 Å². The third kappa shape index (κ3) is 4.34. The molecule has 2 nitrogen and oxygen atoms in total. The minimum atomic E-state index is 0.231. The summed E-state index contributed by atoms with van der Waals surface area (Å²) in [4.78, 5) is 0. The maximum absolute atomic E-state index is 6.36. The van der Waals surface area contributed by atoms with Crippen molar-refractivity contribution < 1.29 is 4.74 Å². The van der Waals surface area contributed by atoms with Crippen LogP contribution in [0.2, 0.25) is 15.1 Å². The van der Waals surface area contributed by atoms with Crippen molar-refractivity contribution in [3.05, 3.63) is 62.6 Å². The number of rotatable bonds is 6. The van der Waals surface area contributed by atoms with Gasteiger partial charge in [0.25, 0.3) is 0 Å². The van der Waals surface area contributed by atoms with E-state index in [0.717, 1.165) is 34.4 Å². The Morgan fingerprint density at radius 1 is 0.935 bits per heavy atom. The van der Waals surface area contributed by atoms with Crippen molar-refractivity contribution >= 4 is 34.8 Å². The van der Waals surface area contributed by atoms with Gasteiger partial charge in [0.15, 0.2) is 0 Å². The maximum atomic E-state index is 6.36. The number of hydrogen-bond donors (Lipinski definition) is 1. The summed E-state index contributed by atoms with van der Waals surface area (Å²) < 4.78 is 6.18. The van der Waals surface area contributed by atoms with E-state index < -0.39 is 0 Å². The second-order valence-electron chi connectivity index (χ2n) is 11.0. The minimum Gasteiger partial charge on any atom is -0.488 e. The standard InChI is InChI=1S/C26H30Cl3NO/c1-24-9-17-10-25(2,14-24)16-26(11-17,15-24)30-12-18-8-19(27)6-7-23(18)31-13-20-21(28)4-3-5-22(20)29/h3-8,17,30H,9-16H2,1-2H3. The lowest BCUT2D eigenvalue weighted by atomic mass is 9.43. The van der Waals surface area contributed by atoms with E-state index in [4.69, 9.17) is 39.5 Å². The van der Waals surface area contributed by atoms with Crippen molar-refractivity contribution in [3.8, 4) is 5.75 Å². The van der Waals surface area contributed by atoms with Gasteiger partial charge in [0.05, 0.1) is 0 Å². The first-order chi connectivity index (χ1) is 14.7. The highest BCUT2D eigenvalue weighted by Gasteiger charge is 2.59. The predicted octanol–water partition coefficient (Wildman–Crippen LogP) is 8.06. The van der Waals surface area contributed by atoms with Crippen LogP contribution in [-0.2, 0) is 13.2 Å². The Morgan fingerprint density at radius 2 is 1.61 bits per heavy atom. The van der Waals surface area contributed by atoms with Crippen molar-refractivity contribution in [1.29, 1.82) is 0 Å². The fourth-order valence-corrected chi connectivity index (χ4v) is 8.28. The number of nitrogens with one attached hydrogen (secondary N) is 1. The first kappa shape index (κ1) is 21.9. The van der Waals surface area contributed by atoms with Crippen LogP contribution in [0.15, 0.2) is 36.4 Å². The second kappa shape index (κ2) is 7.83. The molecular weight excluding hydrogens is 449 g/mol. The lowest BCUT2D eigenvalue weighted by Crippen LogP contribution is -2.63. The zero-order valence-corrected chi connectivity index (χ0v) is 20.5. The van der Waals surface area contributed by atoms with Gasteiger partial charge >= 0.3 is 0 Å². The largest absolute Gasteiger partial charge is 0.488 e. The Morgan fingerprint density at radius 3 is 2.26 bits per heavy atom. The summed E-state index contributed by atoms with van der Waals surface area (Å²) in [6.45, 7) is 6.10. The zero-order chi connectivity index (χ0) is 21.9. The molecule has 2 aromatic rings. The lowest BCUT2D eigenvalue weighted by molar-refractivity contribution is -0.118. The molecule has 0 spiro atoms. The van der Waals surface area contributed by atoms with E-state index in [1.165, 1.54) is 38.5 Å². The van der Waals surface area contributed by atoms with Crippen molar-refractivity contribution in [1.82, 2.24) is 5.32 Å². The summed E-state index contributed by atoms with van der Waals surface area (Å²) in [6, 6.07) is 11.4. The van der Waals surface area contributed by atoms with Gasteiger partial charge in [-0.2, -0.15) is 0 Å². The predicted molar refractivity (Wildman–Crippen MR) is 129 cm³/mol. The van der Waals surface area contributed by atoms with Gasteiger partial charge in [-0.15, -0.1) is 0 Å². The van der Waals surface area contributed by atoms with Crippen LogP contribution in [0.5, 0.6) is 5.75 Å². The van der Waals surface area contributed by atoms with Gasteiger partial charge in [-0.25, -0.2) is 0 Å². The van der Waals surface area contributed by atoms with Crippen molar-refractivity contribution in [2.75, 3.05) is 0 Å². The van der Waals surface area contributed by atoms with E-state index in [0.29, 0.717) is 27.5 Å². The highest BCUT2D eigenvalue weighted by atomic mass is 35.5. The smallest absolute Gasteiger partial charge is 0.124 e. The number of ether oxygens (including phenoxy) is 1. The van der Waals surface area contributed by atoms with Gasteiger partial charge < -0.3 is 10.1 Å². The van der Waals surface area contributed by atoms with E-state index >= 15 is 0 Å². The Labute approximate surface area is 200 Å². The molecule has 0 amide bonds. The normalized spacial score (nSPS) is 33.6. The van der Waals surface area contributed by atoms with Crippen LogP contribution in [-0.4, -0.2) is 5.54 Å². The molecule has 2 unspecified atom stereocenters. The molecule has 4 aliphatic carbocycles. The van der Waals surface area contributed by atoms with Gasteiger partial charge in [0.1, 0.15) is 12.4 Å². The molecule has 1 N–H and O–H groups in total. The fourth-order valence-electron chi connectivity index (χ4n) is 7.57. The molecule has 31 heavy (non-hydrogen) atoms. The molecule has 0 heterocycles. The topological polar surface area (TPSA) is 21.3 Å². The number of halogens is 3. The third-order valence-electron chi connectivity index (χ3n) is 7.74. The average molecular weight is 479 g/mol. The van der Waals surface area contributed by atoms with Crippen LogP contribution < -0.4 is 10.1 Å². The minimum absolute atomic E-state index is 0.231. The number of benzene rings is 2. The van der Waals surface area contributed by atoms with Crippen LogP contribution >= 0.6 is 34.8 Å². The van der Waals surface area contributed by atoms with Crippen molar-refractivity contribution in [3.63, 3.8) is 0 Å². The van der Waals surface area contributed by atoms with Crippen LogP contribution in [0.25, 0.3) is 0 Å². The monoisotopic (exact) mass is 477 g/mol. The van der Waals surface area contributed by atoms with Crippen LogP contribution in [0.3, 0.4) is 0 Å². The van der Waals surface area contributed by atoms with Gasteiger partial charge in [0, 0.05) is 38.3 Å². The van der Waals surface area contributed by atoms with Crippen LogP contribution in [0.4, 0.5) is 0 Å². The highest BCUT2D eigenvalue weighted by molar-refractivity contribution is 6.36. The lowest BCUT2D eigenvalue weighted by Gasteiger charge is -2.65. The van der Waals surface area contributed by atoms with E-state index in [2.05, 4.69) is 19.2 Å². The summed E-state index contributed by atoms with van der Waals surface area (Å²) in [5, 5.41) is 5.96. The van der Waals surface area contributed by atoms with Crippen molar-refractivity contribution in [2.24, 2.45) is 16.7 Å². The Kier molecular flexibility index (Phi) is 5.53. The molecule has 4 bridgehead atoms. The van der Waals surface area contributed by atoms with Gasteiger partial charge in [0.2, 0.25) is 0 Å². The molecule has 0 aliphatic heterocycles. The summed E-state index contributed by atoms with van der Waals surface area (Å²) in [7, 11) is 0. The average Bonchev–Trinajstić information content (AvgIpc) is 2.64. The quantitative estimate of drug-likeness (QED) is 0.453. The van der Waals surface area contributed by atoms with Crippen LogP contribution in [0.1, 0.15) is 63.5 Å². The molecule has 0 radical (unpaired) electrons. The molecule has 4 saturated carbocycles. The van der Waals surface area contributed by atoms with E-state index in [1.807, 2.05) is 36.4 Å². The van der Waals surface area contributed by atoms with Crippen LogP contribution in [0, 0.1) is 16.7 Å². The zero-order valence-electron chi connectivity index (χ0n) is 18.2. The third-order valence-corrected chi connectivity index (χ3v) is 8.68. The highest BCUT2D eigenvalue weighted by Crippen LogP contribution is 2.66. The first-order valence-corrected chi connectivity index (χ1v) is 12.4. The molecule has 6 rings (SSSR count). The summed E-state index contributed by atoms with van der Waals surface area (Å²) >= 11 is 19.0. The molecule has 2 atom stereocenters. The summed E-state index contributed by atoms with van der Waals surface area (Å²) in [5.74, 6) is 1.69. The maximum Gasteiger partial charge on any atom is 0.124 e. The Hall–Kier alpha value is -0.930. The molecule has 0 saturated heterocycles. The molecule has 166 valence electrons. The summed E-state index contributed by atoms with van der Waals surface area (Å²) in [6.07, 6.45) is 8.02. The molecular formula is C26H30Cl3NO. The molecule has 4 fully saturated rings. The Bertz CT molecular complexity index is 968. The van der Waals surface area contributed by atoms with E-state index in [-0.39, 0.29) is 5.54 Å². The molecule has 5 heteroatoms. The molecule has 2 aromatic carbocycles. The molecule has 0 aromatic heterocycles. The second-order valence-corrected chi connectivity index (χ2v) is 12.3. The van der Waals surface area contributed by atoms with Gasteiger partial charge in [-0.05, 0) is 85.6 Å². The van der Waals surface area contributed by atoms with Crippen molar-refractivity contribution in [2.45, 2.75) is 71.1 Å². The first-order valence-electron chi connectivity index (χ1n) is 11.3. The number of hydrogen-bond acceptors (Lipinski definition) is 2. The van der Waals surface area contributed by atoms with E-state index in [1.54, 1.807) is 0 Å².